The third kappa shape index (κ3) is 8.48. The lowest BCUT2D eigenvalue weighted by atomic mass is 10.1. The molecule has 0 unspecified atom stereocenters. The Morgan fingerprint density at radius 2 is 1.33 bits per heavy atom. The first kappa shape index (κ1) is 39.3. The van der Waals surface area contributed by atoms with Crippen LogP contribution in [0.5, 0.6) is 5.75 Å². The number of hydrogen-bond acceptors (Lipinski definition) is 13. The number of primary amides is 2. The van der Waals surface area contributed by atoms with Crippen LogP contribution in [-0.2, 0) is 30.7 Å². The molecule has 0 fully saturated rings. The molecule has 6 aromatic rings. The average Bonchev–Trinajstić information content (AvgIpc) is 3.93. The van der Waals surface area contributed by atoms with Crippen LogP contribution in [0.15, 0.2) is 45.4 Å². The Morgan fingerprint density at radius 3 is 1.89 bits per heavy atom. The molecule has 0 aliphatic heterocycles. The normalized spacial score (nSPS) is 11.4. The van der Waals surface area contributed by atoms with Gasteiger partial charge in [-0.25, -0.2) is 24.9 Å². The van der Waals surface area contributed by atoms with Gasteiger partial charge in [0, 0.05) is 45.1 Å². The molecule has 296 valence electrons. The second-order valence-corrected chi connectivity index (χ2v) is 12.7. The molecule has 7 N–H and O–H groups in total. The topological polar surface area (TPSA) is 292 Å². The van der Waals surface area contributed by atoms with Crippen LogP contribution in [-0.4, -0.2) is 75.4 Å². The number of aromatic nitrogens is 7. The lowest BCUT2D eigenvalue weighted by Crippen LogP contribution is -2.17. The van der Waals surface area contributed by atoms with Crippen LogP contribution in [0.4, 0.5) is 11.9 Å². The number of hydrogen-bond donors (Lipinski definition) is 5. The molecule has 0 saturated carbocycles. The minimum atomic E-state index is -1.00. The fourth-order valence-corrected chi connectivity index (χ4v) is 6.03. The molecule has 4 amide bonds. The Hall–Kier alpha value is -7.38. The molecule has 0 spiro atoms. The number of amides is 4. The number of aliphatic carboxylic acids is 1. The molecule has 0 radical (unpaired) electrons. The number of carboxylic acids is 1. The van der Waals surface area contributed by atoms with Crippen LogP contribution in [0.1, 0.15) is 91.7 Å². The van der Waals surface area contributed by atoms with E-state index in [0.29, 0.717) is 47.2 Å². The highest BCUT2D eigenvalue weighted by Crippen LogP contribution is 2.32. The number of rotatable bonds is 17. The summed E-state index contributed by atoms with van der Waals surface area (Å²) in [6.45, 7) is 7.08. The summed E-state index contributed by atoms with van der Waals surface area (Å²) in [4.78, 5) is 84.4. The van der Waals surface area contributed by atoms with Crippen LogP contribution in [0, 0.1) is 13.8 Å². The number of anilines is 2. The highest BCUT2D eigenvalue weighted by molar-refractivity contribution is 6.05. The van der Waals surface area contributed by atoms with Crippen molar-refractivity contribution in [1.29, 1.82) is 0 Å². The molecular formula is C37H39N11O9. The standard InChI is InChI=1S/C37H39N11O9/c1-5-22-29(56-18(3)41-22)34(53)45-36-43-24-14-20(31(38)51)16-26(55-13-9-10-27(49)50)28(24)47(36)11-7-8-12-48-33-25(15-21(17-40-33)32(39)52)44-37(48)46-35(54)30-23(6-2)42-19(4)57-30/h7-8,14-17H,5-6,9-13H2,1-4H3,(H2,38,51)(H2,39,52)(H,49,50)(H,43,45,53)(H,44,46,54). The second-order valence-electron chi connectivity index (χ2n) is 12.7. The number of fused-ring (bicyclic) bond motifs is 2. The largest absolute Gasteiger partial charge is 0.491 e. The highest BCUT2D eigenvalue weighted by Gasteiger charge is 2.24. The van der Waals surface area contributed by atoms with Gasteiger partial charge in [0.25, 0.3) is 11.8 Å². The molecule has 0 atom stereocenters. The Labute approximate surface area is 323 Å². The molecule has 1 aromatic carbocycles. The van der Waals surface area contributed by atoms with Crippen molar-refractivity contribution in [3.05, 3.63) is 82.4 Å². The summed E-state index contributed by atoms with van der Waals surface area (Å²) in [5.74, 6) is -2.68. The van der Waals surface area contributed by atoms with E-state index in [1.165, 1.54) is 24.4 Å². The highest BCUT2D eigenvalue weighted by atomic mass is 16.5. The van der Waals surface area contributed by atoms with Gasteiger partial charge >= 0.3 is 5.97 Å². The van der Waals surface area contributed by atoms with Gasteiger partial charge in [0.05, 0.1) is 29.1 Å². The Morgan fingerprint density at radius 1 is 0.789 bits per heavy atom. The number of nitrogens with one attached hydrogen (secondary N) is 2. The van der Waals surface area contributed by atoms with Gasteiger partial charge in [0.15, 0.2) is 17.4 Å². The zero-order valence-electron chi connectivity index (χ0n) is 31.4. The molecule has 0 aliphatic rings. The maximum Gasteiger partial charge on any atom is 0.303 e. The van der Waals surface area contributed by atoms with Crippen molar-refractivity contribution in [3.63, 3.8) is 0 Å². The van der Waals surface area contributed by atoms with Gasteiger partial charge in [-0.2, -0.15) is 0 Å². The zero-order chi connectivity index (χ0) is 41.0. The Kier molecular flexibility index (Phi) is 11.4. The molecule has 5 heterocycles. The van der Waals surface area contributed by atoms with E-state index in [9.17, 15) is 24.0 Å². The summed E-state index contributed by atoms with van der Waals surface area (Å²) in [6, 6.07) is 4.33. The monoisotopic (exact) mass is 781 g/mol. The molecule has 57 heavy (non-hydrogen) atoms. The lowest BCUT2D eigenvalue weighted by molar-refractivity contribution is -0.137. The summed E-state index contributed by atoms with van der Waals surface area (Å²) in [5, 5.41) is 14.7. The molecule has 5 aromatic heterocycles. The van der Waals surface area contributed by atoms with Crippen LogP contribution in [0.25, 0.3) is 22.2 Å². The second kappa shape index (κ2) is 16.6. The SMILES string of the molecule is CCc1nc(C)oc1C(=O)Nc1nc2cc(C(N)=O)cnc2n1CC=CCn1c(NC(=O)c2oc(C)nc2CC)nc2cc(C(N)=O)cc(OCCCC(=O)O)c21. The number of oxazole rings is 2. The number of aryl methyl sites for hydroxylation is 4. The summed E-state index contributed by atoms with van der Waals surface area (Å²) < 4.78 is 20.4. The van der Waals surface area contributed by atoms with Crippen molar-refractivity contribution in [2.24, 2.45) is 11.5 Å². The minimum Gasteiger partial charge on any atom is -0.491 e. The Bertz CT molecular complexity index is 2580. The van der Waals surface area contributed by atoms with Gasteiger partial charge in [0.1, 0.15) is 16.8 Å². The van der Waals surface area contributed by atoms with Gasteiger partial charge in [0.2, 0.25) is 35.2 Å². The number of imidazole rings is 2. The Balaban J connectivity index is 1.38. The maximum atomic E-state index is 13.5. The summed E-state index contributed by atoms with van der Waals surface area (Å²) in [6.07, 6.45) is 5.68. The predicted molar refractivity (Wildman–Crippen MR) is 203 cm³/mol. The van der Waals surface area contributed by atoms with Gasteiger partial charge < -0.3 is 34.7 Å². The molecule has 20 heteroatoms. The molecule has 0 saturated heterocycles. The first-order chi connectivity index (χ1) is 27.3. The van der Waals surface area contributed by atoms with Crippen molar-refractivity contribution >= 4 is 63.7 Å². The number of benzene rings is 1. The number of ether oxygens (including phenoxy) is 1. The molecule has 6 rings (SSSR count). The fraction of sp³-hybridized carbons (Fsp3) is 0.297. The van der Waals surface area contributed by atoms with Gasteiger partial charge in [-0.3, -0.25) is 39.2 Å². The molecular weight excluding hydrogens is 742 g/mol. The van der Waals surface area contributed by atoms with Crippen molar-refractivity contribution in [3.8, 4) is 5.75 Å². The molecule has 20 nitrogen and oxygen atoms in total. The van der Waals surface area contributed by atoms with Gasteiger partial charge in [-0.05, 0) is 37.5 Å². The number of nitrogens with zero attached hydrogens (tertiary/aromatic N) is 7. The number of carbonyl (C=O) groups excluding carboxylic acids is 4. The predicted octanol–water partition coefficient (Wildman–Crippen LogP) is 3.70. The van der Waals surface area contributed by atoms with E-state index in [1.807, 2.05) is 13.8 Å². The van der Waals surface area contributed by atoms with Crippen molar-refractivity contribution in [2.75, 3.05) is 17.2 Å². The first-order valence-electron chi connectivity index (χ1n) is 17.8. The zero-order valence-corrected chi connectivity index (χ0v) is 31.4. The quantitative estimate of drug-likeness (QED) is 0.0652. The van der Waals surface area contributed by atoms with Gasteiger partial charge in [-0.15, -0.1) is 0 Å². The van der Waals surface area contributed by atoms with E-state index in [4.69, 9.17) is 30.1 Å². The first-order valence-corrected chi connectivity index (χ1v) is 17.8. The number of carboxylic acid groups (broad SMARTS) is 1. The van der Waals surface area contributed by atoms with Crippen molar-refractivity contribution in [2.45, 2.75) is 66.5 Å². The number of pyridine rings is 1. The third-order valence-electron chi connectivity index (χ3n) is 8.64. The third-order valence-corrected chi connectivity index (χ3v) is 8.64. The number of allylic oxidation sites excluding steroid dienone is 2. The lowest BCUT2D eigenvalue weighted by Gasteiger charge is -2.12. The molecule has 0 bridgehead atoms. The summed E-state index contributed by atoms with van der Waals surface area (Å²) in [5.41, 5.74) is 13.5. The van der Waals surface area contributed by atoms with E-state index in [2.05, 4.69) is 35.6 Å². The van der Waals surface area contributed by atoms with E-state index in [1.54, 1.807) is 35.1 Å². The van der Waals surface area contributed by atoms with Crippen molar-refractivity contribution in [1.82, 2.24) is 34.1 Å². The number of nitrogens with two attached hydrogens (primary N) is 2. The maximum absolute atomic E-state index is 13.5. The smallest absolute Gasteiger partial charge is 0.303 e. The number of carbonyl (C=O) groups is 5. The van der Waals surface area contributed by atoms with E-state index in [-0.39, 0.29) is 83.9 Å². The van der Waals surface area contributed by atoms with Crippen LogP contribution in [0.2, 0.25) is 0 Å². The average molecular weight is 782 g/mol. The van der Waals surface area contributed by atoms with Gasteiger partial charge in [-0.1, -0.05) is 26.0 Å². The van der Waals surface area contributed by atoms with Crippen LogP contribution in [0.3, 0.4) is 0 Å². The van der Waals surface area contributed by atoms with E-state index < -0.39 is 29.6 Å². The van der Waals surface area contributed by atoms with Crippen molar-refractivity contribution < 1.29 is 42.7 Å². The van der Waals surface area contributed by atoms with E-state index >= 15 is 0 Å². The fourth-order valence-electron chi connectivity index (χ4n) is 6.03. The van der Waals surface area contributed by atoms with Crippen LogP contribution >= 0.6 is 0 Å². The molecule has 0 aliphatic carbocycles. The summed E-state index contributed by atoms with van der Waals surface area (Å²) in [7, 11) is 0. The van der Waals surface area contributed by atoms with E-state index in [0.717, 1.165) is 0 Å². The summed E-state index contributed by atoms with van der Waals surface area (Å²) >= 11 is 0. The minimum absolute atomic E-state index is 0.00669. The van der Waals surface area contributed by atoms with Crippen LogP contribution < -0.4 is 26.8 Å².